The lowest BCUT2D eigenvalue weighted by molar-refractivity contribution is 0.480. The SMILES string of the molecule is CCNC(c1cc2cc(C)ccc2o1)c1sccc1C. The molecule has 0 aliphatic carbocycles. The zero-order chi connectivity index (χ0) is 14.1. The van der Waals surface area contributed by atoms with Crippen LogP contribution in [0.25, 0.3) is 11.0 Å². The van der Waals surface area contributed by atoms with Crippen LogP contribution in [0.2, 0.25) is 0 Å². The third-order valence-electron chi connectivity index (χ3n) is 3.55. The summed E-state index contributed by atoms with van der Waals surface area (Å²) in [6, 6.07) is 10.8. The number of benzene rings is 1. The second kappa shape index (κ2) is 5.43. The van der Waals surface area contributed by atoms with E-state index >= 15 is 0 Å². The summed E-state index contributed by atoms with van der Waals surface area (Å²) in [5, 5.41) is 6.85. The highest BCUT2D eigenvalue weighted by atomic mass is 32.1. The zero-order valence-electron chi connectivity index (χ0n) is 12.1. The van der Waals surface area contributed by atoms with Crippen LogP contribution in [0, 0.1) is 13.8 Å². The van der Waals surface area contributed by atoms with Crippen LogP contribution in [-0.2, 0) is 0 Å². The lowest BCUT2D eigenvalue weighted by Crippen LogP contribution is -2.21. The van der Waals surface area contributed by atoms with E-state index in [0.29, 0.717) is 0 Å². The number of rotatable bonds is 4. The van der Waals surface area contributed by atoms with Gasteiger partial charge in [0.2, 0.25) is 0 Å². The van der Waals surface area contributed by atoms with Gasteiger partial charge in [0.25, 0.3) is 0 Å². The van der Waals surface area contributed by atoms with Crippen molar-refractivity contribution in [2.24, 2.45) is 0 Å². The van der Waals surface area contributed by atoms with Gasteiger partial charge in [0, 0.05) is 10.3 Å². The monoisotopic (exact) mass is 285 g/mol. The first kappa shape index (κ1) is 13.4. The topological polar surface area (TPSA) is 25.2 Å². The third kappa shape index (κ3) is 2.39. The van der Waals surface area contributed by atoms with E-state index in [1.807, 2.05) is 0 Å². The summed E-state index contributed by atoms with van der Waals surface area (Å²) >= 11 is 1.78. The van der Waals surface area contributed by atoms with Gasteiger partial charge < -0.3 is 9.73 Å². The molecule has 0 saturated carbocycles. The Morgan fingerprint density at radius 2 is 2.05 bits per heavy atom. The third-order valence-corrected chi connectivity index (χ3v) is 4.63. The molecule has 0 amide bonds. The van der Waals surface area contributed by atoms with E-state index < -0.39 is 0 Å². The molecule has 0 radical (unpaired) electrons. The molecule has 3 heteroatoms. The summed E-state index contributed by atoms with van der Waals surface area (Å²) in [4.78, 5) is 1.34. The largest absolute Gasteiger partial charge is 0.459 e. The van der Waals surface area contributed by atoms with Crippen LogP contribution in [0.15, 0.2) is 40.1 Å². The van der Waals surface area contributed by atoms with Crippen molar-refractivity contribution >= 4 is 22.3 Å². The van der Waals surface area contributed by atoms with Gasteiger partial charge >= 0.3 is 0 Å². The summed E-state index contributed by atoms with van der Waals surface area (Å²) in [6.07, 6.45) is 0. The second-order valence-corrected chi connectivity index (χ2v) is 6.10. The average Bonchev–Trinajstić information content (AvgIpc) is 3.01. The Labute approximate surface area is 123 Å². The fourth-order valence-corrected chi connectivity index (χ4v) is 3.54. The van der Waals surface area contributed by atoms with Crippen molar-refractivity contribution in [3.8, 4) is 0 Å². The summed E-state index contributed by atoms with van der Waals surface area (Å²) in [5.41, 5.74) is 3.54. The number of fused-ring (bicyclic) bond motifs is 1. The number of hydrogen-bond donors (Lipinski definition) is 1. The van der Waals surface area contributed by atoms with Gasteiger partial charge in [-0.3, -0.25) is 0 Å². The van der Waals surface area contributed by atoms with Crippen molar-refractivity contribution in [1.82, 2.24) is 5.32 Å². The number of furan rings is 1. The number of hydrogen-bond acceptors (Lipinski definition) is 3. The van der Waals surface area contributed by atoms with Crippen molar-refractivity contribution in [2.75, 3.05) is 6.54 Å². The van der Waals surface area contributed by atoms with Crippen molar-refractivity contribution in [2.45, 2.75) is 26.8 Å². The van der Waals surface area contributed by atoms with E-state index in [-0.39, 0.29) is 6.04 Å². The van der Waals surface area contributed by atoms with Gasteiger partial charge in [-0.2, -0.15) is 0 Å². The van der Waals surface area contributed by atoms with Crippen LogP contribution in [0.3, 0.4) is 0 Å². The molecule has 1 unspecified atom stereocenters. The van der Waals surface area contributed by atoms with Crippen molar-refractivity contribution in [3.63, 3.8) is 0 Å². The molecule has 0 aliphatic heterocycles. The van der Waals surface area contributed by atoms with Crippen LogP contribution >= 0.6 is 11.3 Å². The van der Waals surface area contributed by atoms with Gasteiger partial charge in [-0.15, -0.1) is 11.3 Å². The minimum Gasteiger partial charge on any atom is -0.459 e. The highest BCUT2D eigenvalue weighted by molar-refractivity contribution is 7.10. The predicted molar refractivity (Wildman–Crippen MR) is 85.5 cm³/mol. The van der Waals surface area contributed by atoms with E-state index in [1.54, 1.807) is 11.3 Å². The molecule has 20 heavy (non-hydrogen) atoms. The second-order valence-electron chi connectivity index (χ2n) is 5.15. The Kier molecular flexibility index (Phi) is 3.64. The standard InChI is InChI=1S/C17H19NOS/c1-4-18-16(17-12(3)7-8-20-17)15-10-13-9-11(2)5-6-14(13)19-15/h5-10,16,18H,4H2,1-3H3. The van der Waals surface area contributed by atoms with Crippen molar-refractivity contribution in [3.05, 3.63) is 57.5 Å². The molecule has 2 aromatic heterocycles. The van der Waals surface area contributed by atoms with Gasteiger partial charge in [0.05, 0.1) is 0 Å². The fourth-order valence-electron chi connectivity index (χ4n) is 2.53. The Morgan fingerprint density at radius 1 is 1.20 bits per heavy atom. The highest BCUT2D eigenvalue weighted by Crippen LogP contribution is 2.33. The maximum absolute atomic E-state index is 6.06. The Hall–Kier alpha value is -1.58. The number of nitrogens with one attached hydrogen (secondary N) is 1. The summed E-state index contributed by atoms with van der Waals surface area (Å²) < 4.78 is 6.06. The molecule has 104 valence electrons. The van der Waals surface area contributed by atoms with E-state index in [1.165, 1.54) is 21.4 Å². The molecule has 2 nitrogen and oxygen atoms in total. The number of aryl methyl sites for hydroxylation is 2. The molecular weight excluding hydrogens is 266 g/mol. The van der Waals surface area contributed by atoms with Gasteiger partial charge in [0.15, 0.2) is 0 Å². The van der Waals surface area contributed by atoms with E-state index in [0.717, 1.165) is 17.9 Å². The van der Waals surface area contributed by atoms with Crippen LogP contribution in [0.1, 0.15) is 34.7 Å². The van der Waals surface area contributed by atoms with Crippen LogP contribution in [0.5, 0.6) is 0 Å². The summed E-state index contributed by atoms with van der Waals surface area (Å²) in [6.45, 7) is 7.31. The van der Waals surface area contributed by atoms with Crippen LogP contribution in [-0.4, -0.2) is 6.54 Å². The van der Waals surface area contributed by atoms with Crippen LogP contribution < -0.4 is 5.32 Å². The fraction of sp³-hybridized carbons (Fsp3) is 0.294. The van der Waals surface area contributed by atoms with Crippen molar-refractivity contribution < 1.29 is 4.42 Å². The molecule has 0 bridgehead atoms. The minimum absolute atomic E-state index is 0.146. The molecule has 0 saturated heterocycles. The summed E-state index contributed by atoms with van der Waals surface area (Å²) in [7, 11) is 0. The average molecular weight is 285 g/mol. The molecule has 0 fully saturated rings. The molecule has 1 atom stereocenters. The van der Waals surface area contributed by atoms with E-state index in [4.69, 9.17) is 4.42 Å². The molecule has 2 heterocycles. The van der Waals surface area contributed by atoms with Crippen molar-refractivity contribution in [1.29, 1.82) is 0 Å². The van der Waals surface area contributed by atoms with E-state index in [2.05, 4.69) is 61.8 Å². The predicted octanol–water partition coefficient (Wildman–Crippen LogP) is 4.81. The van der Waals surface area contributed by atoms with Gasteiger partial charge in [-0.25, -0.2) is 0 Å². The molecule has 1 N–H and O–H groups in total. The molecule has 0 spiro atoms. The minimum atomic E-state index is 0.146. The van der Waals surface area contributed by atoms with Gasteiger partial charge in [-0.05, 0) is 55.6 Å². The lowest BCUT2D eigenvalue weighted by atomic mass is 10.1. The normalized spacial score (nSPS) is 12.9. The van der Waals surface area contributed by atoms with Crippen LogP contribution in [0.4, 0.5) is 0 Å². The van der Waals surface area contributed by atoms with Gasteiger partial charge in [0.1, 0.15) is 17.4 Å². The maximum Gasteiger partial charge on any atom is 0.134 e. The lowest BCUT2D eigenvalue weighted by Gasteiger charge is -2.15. The summed E-state index contributed by atoms with van der Waals surface area (Å²) in [5.74, 6) is 0.998. The Balaban J connectivity index is 2.07. The maximum atomic E-state index is 6.06. The molecule has 1 aromatic carbocycles. The first-order valence-corrected chi connectivity index (χ1v) is 7.84. The first-order chi connectivity index (χ1) is 9.69. The zero-order valence-corrected chi connectivity index (χ0v) is 12.9. The molecular formula is C17H19NOS. The quantitative estimate of drug-likeness (QED) is 0.744. The Morgan fingerprint density at radius 3 is 2.75 bits per heavy atom. The smallest absolute Gasteiger partial charge is 0.134 e. The van der Waals surface area contributed by atoms with Gasteiger partial charge in [-0.1, -0.05) is 18.6 Å². The number of thiophene rings is 1. The highest BCUT2D eigenvalue weighted by Gasteiger charge is 2.20. The molecule has 0 aliphatic rings. The Bertz CT molecular complexity index is 726. The van der Waals surface area contributed by atoms with E-state index in [9.17, 15) is 0 Å². The molecule has 3 rings (SSSR count). The molecule has 3 aromatic rings. The first-order valence-electron chi connectivity index (χ1n) is 6.96.